The lowest BCUT2D eigenvalue weighted by molar-refractivity contribution is -0.123. The Kier molecular flexibility index (Phi) is 4.85. The molecule has 0 saturated carbocycles. The Morgan fingerprint density at radius 1 is 1.08 bits per heavy atom. The highest BCUT2D eigenvalue weighted by Gasteiger charge is 2.34. The number of benzene rings is 2. The highest BCUT2D eigenvalue weighted by Crippen LogP contribution is 2.34. The van der Waals surface area contributed by atoms with Gasteiger partial charge in [-0.1, -0.05) is 41.4 Å². The van der Waals surface area contributed by atoms with Crippen LogP contribution in [0.5, 0.6) is 5.75 Å². The van der Waals surface area contributed by atoms with Crippen molar-refractivity contribution in [3.63, 3.8) is 0 Å². The Bertz CT molecular complexity index is 849. The molecule has 122 valence electrons. The summed E-state index contributed by atoms with van der Waals surface area (Å²) < 4.78 is 0. The van der Waals surface area contributed by atoms with Gasteiger partial charge in [-0.3, -0.25) is 14.5 Å². The number of amides is 2. The monoisotopic (exact) mass is 379 g/mol. The lowest BCUT2D eigenvalue weighted by Crippen LogP contribution is -2.27. The van der Waals surface area contributed by atoms with Crippen LogP contribution in [0.25, 0.3) is 6.08 Å². The van der Waals surface area contributed by atoms with Crippen molar-refractivity contribution in [1.29, 1.82) is 0 Å². The van der Waals surface area contributed by atoms with Gasteiger partial charge in [0.1, 0.15) is 5.75 Å². The van der Waals surface area contributed by atoms with Gasteiger partial charge in [0.25, 0.3) is 11.1 Å². The summed E-state index contributed by atoms with van der Waals surface area (Å²) in [6.45, 7) is 0.190. The smallest absolute Gasteiger partial charge is 0.293 e. The van der Waals surface area contributed by atoms with Crippen LogP contribution in [0, 0.1) is 0 Å². The Hall–Kier alpha value is -1.95. The van der Waals surface area contributed by atoms with E-state index in [1.54, 1.807) is 36.4 Å². The Morgan fingerprint density at radius 2 is 1.79 bits per heavy atom. The Morgan fingerprint density at radius 3 is 2.46 bits per heavy atom. The van der Waals surface area contributed by atoms with Crippen LogP contribution in [0.1, 0.15) is 11.1 Å². The Balaban J connectivity index is 1.81. The highest BCUT2D eigenvalue weighted by molar-refractivity contribution is 8.18. The number of thioether (sulfide) groups is 1. The summed E-state index contributed by atoms with van der Waals surface area (Å²) in [6.07, 6.45) is 1.58. The molecule has 7 heteroatoms. The van der Waals surface area contributed by atoms with Crippen molar-refractivity contribution >= 4 is 52.2 Å². The normalized spacial score (nSPS) is 16.2. The molecular weight excluding hydrogens is 369 g/mol. The van der Waals surface area contributed by atoms with Gasteiger partial charge < -0.3 is 5.11 Å². The molecule has 1 saturated heterocycles. The summed E-state index contributed by atoms with van der Waals surface area (Å²) in [7, 11) is 0. The maximum Gasteiger partial charge on any atom is 0.293 e. The summed E-state index contributed by atoms with van der Waals surface area (Å²) in [4.78, 5) is 26.1. The van der Waals surface area contributed by atoms with E-state index in [9.17, 15) is 14.7 Å². The molecule has 0 aliphatic carbocycles. The molecule has 0 unspecified atom stereocenters. The number of halogens is 2. The van der Waals surface area contributed by atoms with E-state index in [2.05, 4.69) is 0 Å². The number of phenols is 1. The standard InChI is InChI=1S/C17H11Cl2NO3S/c18-12-4-1-10(2-5-12)9-20-16(22)15(24-17(20)23)8-11-3-6-14(21)13(19)7-11/h1-8,21H,9H2/b15-8-. The third kappa shape index (κ3) is 3.59. The summed E-state index contributed by atoms with van der Waals surface area (Å²) in [6, 6.07) is 11.6. The molecule has 2 aromatic carbocycles. The van der Waals surface area contributed by atoms with Gasteiger partial charge in [0.2, 0.25) is 0 Å². The first kappa shape index (κ1) is 16.9. The van der Waals surface area contributed by atoms with E-state index in [-0.39, 0.29) is 28.5 Å². The van der Waals surface area contributed by atoms with Crippen LogP contribution in [-0.4, -0.2) is 21.2 Å². The molecule has 0 aromatic heterocycles. The largest absolute Gasteiger partial charge is 0.506 e. The molecule has 3 rings (SSSR count). The number of nitrogens with zero attached hydrogens (tertiary/aromatic N) is 1. The highest BCUT2D eigenvalue weighted by atomic mass is 35.5. The van der Waals surface area contributed by atoms with Crippen molar-refractivity contribution in [1.82, 2.24) is 4.90 Å². The number of carbonyl (C=O) groups excluding carboxylic acids is 2. The molecule has 2 amide bonds. The van der Waals surface area contributed by atoms with Crippen LogP contribution in [0.3, 0.4) is 0 Å². The maximum absolute atomic E-state index is 12.5. The van der Waals surface area contributed by atoms with Crippen LogP contribution < -0.4 is 0 Å². The van der Waals surface area contributed by atoms with Crippen molar-refractivity contribution < 1.29 is 14.7 Å². The molecule has 0 radical (unpaired) electrons. The van der Waals surface area contributed by atoms with Crippen molar-refractivity contribution in [2.24, 2.45) is 0 Å². The van der Waals surface area contributed by atoms with Gasteiger partial charge >= 0.3 is 0 Å². The SMILES string of the molecule is O=C1S/C(=C\c2ccc(O)c(Cl)c2)C(=O)N1Cc1ccc(Cl)cc1. The second-order valence-corrected chi connectivity index (χ2v) is 6.94. The average molecular weight is 380 g/mol. The van der Waals surface area contributed by atoms with Crippen LogP contribution in [0.2, 0.25) is 10.0 Å². The molecule has 2 aromatic rings. The first-order valence-electron chi connectivity index (χ1n) is 6.92. The van der Waals surface area contributed by atoms with Gasteiger partial charge in [0, 0.05) is 5.02 Å². The summed E-state index contributed by atoms with van der Waals surface area (Å²) in [5.41, 5.74) is 1.45. The van der Waals surface area contributed by atoms with E-state index in [1.807, 2.05) is 0 Å². The molecule has 0 atom stereocenters. The van der Waals surface area contributed by atoms with Crippen molar-refractivity contribution in [2.45, 2.75) is 6.54 Å². The van der Waals surface area contributed by atoms with Gasteiger partial charge in [-0.25, -0.2) is 0 Å². The quantitative estimate of drug-likeness (QED) is 0.767. The fourth-order valence-electron chi connectivity index (χ4n) is 2.17. The third-order valence-corrected chi connectivity index (χ3v) is 4.86. The van der Waals surface area contributed by atoms with E-state index < -0.39 is 0 Å². The number of rotatable bonds is 3. The second kappa shape index (κ2) is 6.89. The van der Waals surface area contributed by atoms with Crippen molar-refractivity contribution in [3.8, 4) is 5.75 Å². The molecule has 1 fully saturated rings. The van der Waals surface area contributed by atoms with Crippen LogP contribution in [0.15, 0.2) is 47.4 Å². The zero-order chi connectivity index (χ0) is 17.3. The van der Waals surface area contributed by atoms with E-state index in [0.717, 1.165) is 17.3 Å². The number of hydrogen-bond donors (Lipinski definition) is 1. The minimum atomic E-state index is -0.357. The maximum atomic E-state index is 12.5. The number of imide groups is 1. The lowest BCUT2D eigenvalue weighted by Gasteiger charge is -2.12. The van der Waals surface area contributed by atoms with Gasteiger partial charge in [-0.15, -0.1) is 0 Å². The lowest BCUT2D eigenvalue weighted by atomic mass is 10.2. The summed E-state index contributed by atoms with van der Waals surface area (Å²) in [5, 5.41) is 9.88. The predicted octanol–water partition coefficient (Wildman–Crippen LogP) is 4.94. The van der Waals surface area contributed by atoms with E-state index >= 15 is 0 Å². The Labute approximate surface area is 152 Å². The van der Waals surface area contributed by atoms with Crippen LogP contribution in [-0.2, 0) is 11.3 Å². The molecule has 1 N–H and O–H groups in total. The molecule has 1 aliphatic heterocycles. The minimum Gasteiger partial charge on any atom is -0.506 e. The zero-order valence-corrected chi connectivity index (χ0v) is 14.5. The van der Waals surface area contributed by atoms with Crippen molar-refractivity contribution in [2.75, 3.05) is 0 Å². The number of hydrogen-bond acceptors (Lipinski definition) is 4. The zero-order valence-electron chi connectivity index (χ0n) is 12.2. The van der Waals surface area contributed by atoms with Gasteiger partial charge in [0.05, 0.1) is 16.5 Å². The first-order valence-corrected chi connectivity index (χ1v) is 8.49. The fraction of sp³-hybridized carbons (Fsp3) is 0.0588. The molecule has 4 nitrogen and oxygen atoms in total. The molecular formula is C17H11Cl2NO3S. The molecule has 0 bridgehead atoms. The predicted molar refractivity (Wildman–Crippen MR) is 96.1 cm³/mol. The topological polar surface area (TPSA) is 57.6 Å². The summed E-state index contributed by atoms with van der Waals surface area (Å²) >= 11 is 12.6. The summed E-state index contributed by atoms with van der Waals surface area (Å²) in [5.74, 6) is -0.395. The van der Waals surface area contributed by atoms with E-state index in [1.165, 1.54) is 17.0 Å². The molecule has 1 heterocycles. The van der Waals surface area contributed by atoms with E-state index in [0.29, 0.717) is 15.5 Å². The third-order valence-electron chi connectivity index (χ3n) is 3.40. The van der Waals surface area contributed by atoms with E-state index in [4.69, 9.17) is 23.2 Å². The molecule has 24 heavy (non-hydrogen) atoms. The van der Waals surface area contributed by atoms with Crippen LogP contribution in [0.4, 0.5) is 4.79 Å². The minimum absolute atomic E-state index is 0.0374. The van der Waals surface area contributed by atoms with Gasteiger partial charge in [0.15, 0.2) is 0 Å². The fourth-order valence-corrected chi connectivity index (χ4v) is 3.33. The second-order valence-electron chi connectivity index (χ2n) is 5.11. The number of phenolic OH excluding ortho intramolecular Hbond substituents is 1. The number of carbonyl (C=O) groups is 2. The van der Waals surface area contributed by atoms with Gasteiger partial charge in [-0.2, -0.15) is 0 Å². The van der Waals surface area contributed by atoms with Crippen LogP contribution >= 0.6 is 35.0 Å². The van der Waals surface area contributed by atoms with Crippen molar-refractivity contribution in [3.05, 3.63) is 68.5 Å². The average Bonchev–Trinajstić information content (AvgIpc) is 2.80. The first-order chi connectivity index (χ1) is 11.4. The van der Waals surface area contributed by atoms with Gasteiger partial charge in [-0.05, 0) is 53.2 Å². The molecule has 1 aliphatic rings. The number of aromatic hydroxyl groups is 1. The molecule has 0 spiro atoms.